The zero-order valence-corrected chi connectivity index (χ0v) is 11.2. The summed E-state index contributed by atoms with van der Waals surface area (Å²) in [5.41, 5.74) is 5.95. The van der Waals surface area contributed by atoms with Gasteiger partial charge in [0.05, 0.1) is 7.11 Å². The van der Waals surface area contributed by atoms with E-state index < -0.39 is 10.8 Å². The first-order valence-electron chi connectivity index (χ1n) is 5.64. The zero-order chi connectivity index (χ0) is 13.4. The summed E-state index contributed by atoms with van der Waals surface area (Å²) in [5, 5.41) is 2.68. The third-order valence-corrected chi connectivity index (χ3v) is 3.55. The highest BCUT2D eigenvalue weighted by atomic mass is 32.2. The molecule has 0 spiro atoms. The van der Waals surface area contributed by atoms with Crippen LogP contribution in [0.15, 0.2) is 24.3 Å². The van der Waals surface area contributed by atoms with Gasteiger partial charge in [0.15, 0.2) is 0 Å². The van der Waals surface area contributed by atoms with Gasteiger partial charge in [0.25, 0.3) is 0 Å². The molecule has 1 rings (SSSR count). The molecule has 0 saturated heterocycles. The Balaban J connectivity index is 2.46. The van der Waals surface area contributed by atoms with Crippen molar-refractivity contribution in [2.75, 3.05) is 30.5 Å². The van der Waals surface area contributed by atoms with Gasteiger partial charge in [0.2, 0.25) is 5.91 Å². The van der Waals surface area contributed by atoms with Crippen LogP contribution < -0.4 is 15.8 Å². The molecule has 0 bridgehead atoms. The second kappa shape index (κ2) is 7.84. The number of anilines is 1. The molecular formula is C12H18N2O3S. The van der Waals surface area contributed by atoms with Crippen LogP contribution in [0.4, 0.5) is 5.69 Å². The van der Waals surface area contributed by atoms with Crippen LogP contribution in [-0.2, 0) is 15.6 Å². The van der Waals surface area contributed by atoms with Crippen LogP contribution in [0.3, 0.4) is 0 Å². The summed E-state index contributed by atoms with van der Waals surface area (Å²) in [6.07, 6.45) is 0.666. The Hall–Kier alpha value is -1.40. The van der Waals surface area contributed by atoms with Gasteiger partial charge in [-0.2, -0.15) is 0 Å². The van der Waals surface area contributed by atoms with E-state index in [0.29, 0.717) is 30.2 Å². The molecule has 1 aromatic carbocycles. The van der Waals surface area contributed by atoms with Crippen molar-refractivity contribution in [1.29, 1.82) is 0 Å². The first-order valence-corrected chi connectivity index (χ1v) is 7.13. The van der Waals surface area contributed by atoms with Crippen molar-refractivity contribution in [3.05, 3.63) is 24.3 Å². The van der Waals surface area contributed by atoms with Crippen molar-refractivity contribution in [2.45, 2.75) is 6.42 Å². The van der Waals surface area contributed by atoms with Gasteiger partial charge in [-0.3, -0.25) is 9.00 Å². The molecule has 0 fully saturated rings. The van der Waals surface area contributed by atoms with Gasteiger partial charge in [-0.05, 0) is 25.1 Å². The highest BCUT2D eigenvalue weighted by molar-refractivity contribution is 7.85. The number of nitrogens with two attached hydrogens (primary N) is 1. The predicted molar refractivity (Wildman–Crippen MR) is 73.2 cm³/mol. The third-order valence-electron chi connectivity index (χ3n) is 2.22. The quantitative estimate of drug-likeness (QED) is 0.765. The van der Waals surface area contributed by atoms with E-state index in [1.54, 1.807) is 31.4 Å². The number of benzene rings is 1. The van der Waals surface area contributed by atoms with E-state index >= 15 is 0 Å². The molecule has 1 unspecified atom stereocenters. The molecule has 5 nitrogen and oxygen atoms in total. The Morgan fingerprint density at radius 1 is 1.50 bits per heavy atom. The minimum Gasteiger partial charge on any atom is -0.497 e. The number of amides is 1. The van der Waals surface area contributed by atoms with Crippen molar-refractivity contribution in [3.63, 3.8) is 0 Å². The Morgan fingerprint density at radius 3 is 2.94 bits per heavy atom. The summed E-state index contributed by atoms with van der Waals surface area (Å²) in [6.45, 7) is 0.489. The highest BCUT2D eigenvalue weighted by Crippen LogP contribution is 2.16. The summed E-state index contributed by atoms with van der Waals surface area (Å²) < 4.78 is 16.5. The number of carbonyl (C=O) groups is 1. The fourth-order valence-electron chi connectivity index (χ4n) is 1.36. The molecule has 0 aliphatic rings. The third kappa shape index (κ3) is 5.29. The van der Waals surface area contributed by atoms with Crippen molar-refractivity contribution in [1.82, 2.24) is 0 Å². The molecule has 18 heavy (non-hydrogen) atoms. The Kier molecular flexibility index (Phi) is 6.38. The Labute approximate surface area is 109 Å². The number of ether oxygens (including phenoxy) is 1. The van der Waals surface area contributed by atoms with Gasteiger partial charge in [-0.25, -0.2) is 0 Å². The Morgan fingerprint density at radius 2 is 2.28 bits per heavy atom. The molecule has 6 heteroatoms. The average Bonchev–Trinajstić information content (AvgIpc) is 2.36. The molecule has 1 amide bonds. The zero-order valence-electron chi connectivity index (χ0n) is 10.3. The number of rotatable bonds is 7. The molecule has 1 aromatic rings. The van der Waals surface area contributed by atoms with Gasteiger partial charge in [-0.15, -0.1) is 0 Å². The van der Waals surface area contributed by atoms with E-state index in [-0.39, 0.29) is 11.7 Å². The van der Waals surface area contributed by atoms with Crippen molar-refractivity contribution in [2.24, 2.45) is 5.73 Å². The molecule has 0 saturated carbocycles. The minimum atomic E-state index is -1.15. The van der Waals surface area contributed by atoms with E-state index in [4.69, 9.17) is 10.5 Å². The van der Waals surface area contributed by atoms with Crippen LogP contribution in [0, 0.1) is 0 Å². The van der Waals surface area contributed by atoms with Gasteiger partial charge in [0.1, 0.15) is 11.5 Å². The Bertz CT molecular complexity index is 424. The summed E-state index contributed by atoms with van der Waals surface area (Å²) in [7, 11) is 0.404. The van der Waals surface area contributed by atoms with E-state index in [9.17, 15) is 9.00 Å². The maximum Gasteiger partial charge on any atom is 0.236 e. The number of hydrogen-bond acceptors (Lipinski definition) is 4. The fourth-order valence-corrected chi connectivity index (χ4v) is 2.36. The first-order chi connectivity index (χ1) is 8.65. The van der Waals surface area contributed by atoms with E-state index in [1.165, 1.54) is 0 Å². The number of nitrogens with one attached hydrogen (secondary N) is 1. The predicted octanol–water partition coefficient (Wildman–Crippen LogP) is 0.731. The van der Waals surface area contributed by atoms with Crippen LogP contribution in [0.1, 0.15) is 6.42 Å². The van der Waals surface area contributed by atoms with E-state index in [2.05, 4.69) is 5.32 Å². The largest absolute Gasteiger partial charge is 0.497 e. The molecule has 100 valence electrons. The lowest BCUT2D eigenvalue weighted by Crippen LogP contribution is -2.21. The maximum absolute atomic E-state index is 11.6. The normalized spacial score (nSPS) is 11.9. The molecule has 3 N–H and O–H groups in total. The van der Waals surface area contributed by atoms with Gasteiger partial charge < -0.3 is 15.8 Å². The topological polar surface area (TPSA) is 81.4 Å². The number of carbonyl (C=O) groups excluding carboxylic acids is 1. The lowest BCUT2D eigenvalue weighted by atomic mass is 10.3. The lowest BCUT2D eigenvalue weighted by molar-refractivity contribution is -0.113. The maximum atomic E-state index is 11.6. The van der Waals surface area contributed by atoms with Crippen LogP contribution in [0.25, 0.3) is 0 Å². The second-order valence-electron chi connectivity index (χ2n) is 3.71. The summed E-state index contributed by atoms with van der Waals surface area (Å²) in [5.74, 6) is 0.856. The first kappa shape index (κ1) is 14.7. The van der Waals surface area contributed by atoms with Crippen molar-refractivity contribution >= 4 is 22.4 Å². The average molecular weight is 270 g/mol. The molecule has 0 aromatic heterocycles. The highest BCUT2D eigenvalue weighted by Gasteiger charge is 2.08. The summed E-state index contributed by atoms with van der Waals surface area (Å²) in [4.78, 5) is 11.6. The minimum absolute atomic E-state index is 0.00277. The van der Waals surface area contributed by atoms with E-state index in [1.807, 2.05) is 0 Å². The molecular weight excluding hydrogens is 252 g/mol. The molecule has 0 radical (unpaired) electrons. The molecule has 0 aliphatic heterocycles. The second-order valence-corrected chi connectivity index (χ2v) is 5.29. The smallest absolute Gasteiger partial charge is 0.236 e. The van der Waals surface area contributed by atoms with Crippen LogP contribution in [-0.4, -0.2) is 35.3 Å². The number of hydrogen-bond donors (Lipinski definition) is 2. The summed E-state index contributed by atoms with van der Waals surface area (Å²) >= 11 is 0. The van der Waals surface area contributed by atoms with Crippen molar-refractivity contribution in [3.8, 4) is 5.75 Å². The SMILES string of the molecule is COc1cccc(NC(=O)CS(=O)CCCN)c1. The molecule has 0 aliphatic carbocycles. The van der Waals surface area contributed by atoms with Crippen LogP contribution >= 0.6 is 0 Å². The van der Waals surface area contributed by atoms with Gasteiger partial charge in [-0.1, -0.05) is 6.07 Å². The summed E-state index contributed by atoms with van der Waals surface area (Å²) in [6, 6.07) is 7.03. The standard InChI is InChI=1S/C12H18N2O3S/c1-17-11-5-2-4-10(8-11)14-12(15)9-18(16)7-3-6-13/h2,4-5,8H,3,6-7,9,13H2,1H3,(H,14,15). The monoisotopic (exact) mass is 270 g/mol. The van der Waals surface area contributed by atoms with Gasteiger partial charge in [0, 0.05) is 28.3 Å². The van der Waals surface area contributed by atoms with Gasteiger partial charge >= 0.3 is 0 Å². The fraction of sp³-hybridized carbons (Fsp3) is 0.417. The lowest BCUT2D eigenvalue weighted by Gasteiger charge is -2.06. The van der Waals surface area contributed by atoms with Crippen LogP contribution in [0.2, 0.25) is 0 Å². The van der Waals surface area contributed by atoms with E-state index in [0.717, 1.165) is 0 Å². The van der Waals surface area contributed by atoms with Crippen LogP contribution in [0.5, 0.6) is 5.75 Å². The molecule has 0 heterocycles. The van der Waals surface area contributed by atoms with Crippen molar-refractivity contribution < 1.29 is 13.7 Å². The number of methoxy groups -OCH3 is 1. The molecule has 1 atom stereocenters.